The lowest BCUT2D eigenvalue weighted by atomic mass is 10.3. The molecule has 0 spiro atoms. The molecule has 0 amide bonds. The molecule has 1 fully saturated rings. The molecule has 0 radical (unpaired) electrons. The number of aryl methyl sites for hydroxylation is 1. The number of furan rings is 1. The van der Waals surface area contributed by atoms with Crippen molar-refractivity contribution in [2.75, 3.05) is 31.1 Å². The van der Waals surface area contributed by atoms with Crippen molar-refractivity contribution in [3.63, 3.8) is 0 Å². The molecule has 6 heteroatoms. The molecule has 90 valence electrons. The number of aromatic amines is 1. The second-order valence-electron chi connectivity index (χ2n) is 4.17. The summed E-state index contributed by atoms with van der Waals surface area (Å²) in [6, 6.07) is 1.95. The topological polar surface area (TPSA) is 70.0 Å². The molecule has 3 rings (SSSR count). The number of rotatable bonds is 2. The van der Waals surface area contributed by atoms with E-state index in [4.69, 9.17) is 4.42 Å². The maximum absolute atomic E-state index is 5.26. The molecule has 0 bridgehead atoms. The number of piperazine rings is 1. The van der Waals surface area contributed by atoms with Gasteiger partial charge in [-0.05, 0) is 13.0 Å². The van der Waals surface area contributed by atoms with Crippen LogP contribution in [-0.4, -0.2) is 41.4 Å². The third-order valence-electron chi connectivity index (χ3n) is 2.88. The zero-order valence-corrected chi connectivity index (χ0v) is 9.73. The van der Waals surface area contributed by atoms with Crippen LogP contribution in [0.1, 0.15) is 5.76 Å². The Labute approximate surface area is 99.0 Å². The summed E-state index contributed by atoms with van der Waals surface area (Å²) in [7, 11) is 0. The predicted octanol–water partition coefficient (Wildman–Crippen LogP) is 0.783. The number of nitrogens with one attached hydrogen (secondary N) is 2. The van der Waals surface area contributed by atoms with Gasteiger partial charge in [-0.1, -0.05) is 0 Å². The summed E-state index contributed by atoms with van der Waals surface area (Å²) in [5.41, 5.74) is 0.941. The average molecular weight is 233 g/mol. The zero-order chi connectivity index (χ0) is 11.7. The maximum atomic E-state index is 5.26. The van der Waals surface area contributed by atoms with Gasteiger partial charge in [-0.3, -0.25) is 5.10 Å². The van der Waals surface area contributed by atoms with Crippen molar-refractivity contribution in [2.24, 2.45) is 0 Å². The number of nitrogens with zero attached hydrogens (tertiary/aromatic N) is 3. The van der Waals surface area contributed by atoms with Crippen LogP contribution < -0.4 is 10.2 Å². The van der Waals surface area contributed by atoms with E-state index in [-0.39, 0.29) is 0 Å². The Bertz CT molecular complexity index is 497. The van der Waals surface area contributed by atoms with Crippen molar-refractivity contribution in [1.82, 2.24) is 20.5 Å². The zero-order valence-electron chi connectivity index (χ0n) is 9.73. The minimum absolute atomic E-state index is 0.760. The van der Waals surface area contributed by atoms with E-state index in [1.54, 1.807) is 6.26 Å². The molecule has 2 N–H and O–H groups in total. The largest absolute Gasteiger partial charge is 0.469 e. The molecular formula is C11H15N5O. The number of hydrogen-bond donors (Lipinski definition) is 2. The molecule has 6 nitrogen and oxygen atoms in total. The molecule has 1 saturated heterocycles. The Morgan fingerprint density at radius 3 is 2.88 bits per heavy atom. The van der Waals surface area contributed by atoms with Gasteiger partial charge in [0.15, 0.2) is 5.82 Å². The van der Waals surface area contributed by atoms with Crippen molar-refractivity contribution >= 4 is 5.95 Å². The number of aromatic nitrogens is 3. The fraction of sp³-hybridized carbons (Fsp3) is 0.455. The average Bonchev–Trinajstić information content (AvgIpc) is 2.98. The lowest BCUT2D eigenvalue weighted by Gasteiger charge is -2.25. The Morgan fingerprint density at radius 1 is 1.35 bits per heavy atom. The predicted molar refractivity (Wildman–Crippen MR) is 63.9 cm³/mol. The summed E-state index contributed by atoms with van der Waals surface area (Å²) in [6.45, 7) is 5.77. The van der Waals surface area contributed by atoms with Gasteiger partial charge in [-0.15, -0.1) is 5.10 Å². The molecule has 3 heterocycles. The van der Waals surface area contributed by atoms with Crippen LogP contribution in [0.5, 0.6) is 0 Å². The highest BCUT2D eigenvalue weighted by molar-refractivity contribution is 5.55. The van der Waals surface area contributed by atoms with Gasteiger partial charge in [0.25, 0.3) is 0 Å². The van der Waals surface area contributed by atoms with Crippen molar-refractivity contribution in [2.45, 2.75) is 6.92 Å². The van der Waals surface area contributed by atoms with Gasteiger partial charge in [-0.25, -0.2) is 0 Å². The summed E-state index contributed by atoms with van der Waals surface area (Å²) in [5, 5.41) is 10.5. The van der Waals surface area contributed by atoms with E-state index < -0.39 is 0 Å². The normalized spacial score (nSPS) is 16.4. The molecule has 1 aliphatic rings. The van der Waals surface area contributed by atoms with Crippen LogP contribution in [-0.2, 0) is 0 Å². The first-order chi connectivity index (χ1) is 8.33. The first kappa shape index (κ1) is 10.3. The fourth-order valence-corrected chi connectivity index (χ4v) is 1.96. The second kappa shape index (κ2) is 4.21. The van der Waals surface area contributed by atoms with Crippen LogP contribution in [0.2, 0.25) is 0 Å². The molecule has 0 aliphatic carbocycles. The van der Waals surface area contributed by atoms with Gasteiger partial charge in [0.2, 0.25) is 5.95 Å². The van der Waals surface area contributed by atoms with Crippen LogP contribution in [0.25, 0.3) is 11.4 Å². The first-order valence-corrected chi connectivity index (χ1v) is 5.76. The summed E-state index contributed by atoms with van der Waals surface area (Å²) in [4.78, 5) is 6.66. The molecule has 2 aromatic rings. The third-order valence-corrected chi connectivity index (χ3v) is 2.88. The smallest absolute Gasteiger partial charge is 0.245 e. The van der Waals surface area contributed by atoms with Crippen molar-refractivity contribution < 1.29 is 4.42 Å². The van der Waals surface area contributed by atoms with E-state index in [9.17, 15) is 0 Å². The summed E-state index contributed by atoms with van der Waals surface area (Å²) in [6.07, 6.45) is 1.69. The molecular weight excluding hydrogens is 218 g/mol. The van der Waals surface area contributed by atoms with Gasteiger partial charge < -0.3 is 14.6 Å². The quantitative estimate of drug-likeness (QED) is 0.802. The molecule has 17 heavy (non-hydrogen) atoms. The lowest BCUT2D eigenvalue weighted by molar-refractivity contribution is 0.534. The van der Waals surface area contributed by atoms with E-state index >= 15 is 0 Å². The molecule has 0 aromatic carbocycles. The van der Waals surface area contributed by atoms with Gasteiger partial charge in [0.05, 0.1) is 5.56 Å². The van der Waals surface area contributed by atoms with Gasteiger partial charge in [-0.2, -0.15) is 4.98 Å². The van der Waals surface area contributed by atoms with Crippen LogP contribution >= 0.6 is 0 Å². The SMILES string of the molecule is Cc1cc(-c2nc(N3CCNCC3)n[nH]2)co1. The second-order valence-corrected chi connectivity index (χ2v) is 4.17. The van der Waals surface area contributed by atoms with Crippen LogP contribution in [0, 0.1) is 6.92 Å². The van der Waals surface area contributed by atoms with Crippen LogP contribution in [0.3, 0.4) is 0 Å². The minimum Gasteiger partial charge on any atom is -0.469 e. The highest BCUT2D eigenvalue weighted by Gasteiger charge is 2.15. The van der Waals surface area contributed by atoms with E-state index in [0.717, 1.165) is 49.3 Å². The van der Waals surface area contributed by atoms with Crippen molar-refractivity contribution in [1.29, 1.82) is 0 Å². The van der Waals surface area contributed by atoms with E-state index in [1.165, 1.54) is 0 Å². The molecule has 0 unspecified atom stereocenters. The maximum Gasteiger partial charge on any atom is 0.245 e. The van der Waals surface area contributed by atoms with E-state index in [0.29, 0.717) is 0 Å². The van der Waals surface area contributed by atoms with Gasteiger partial charge in [0, 0.05) is 26.2 Å². The number of hydrogen-bond acceptors (Lipinski definition) is 5. The lowest BCUT2D eigenvalue weighted by Crippen LogP contribution is -2.44. The van der Waals surface area contributed by atoms with Gasteiger partial charge in [0.1, 0.15) is 12.0 Å². The van der Waals surface area contributed by atoms with Crippen LogP contribution in [0.4, 0.5) is 5.95 Å². The van der Waals surface area contributed by atoms with Crippen molar-refractivity contribution in [3.05, 3.63) is 18.1 Å². The standard InChI is InChI=1S/C11H15N5O/c1-8-6-9(7-17-8)10-13-11(15-14-10)16-4-2-12-3-5-16/h6-7,12H,2-5H2,1H3,(H,13,14,15). The number of anilines is 1. The van der Waals surface area contributed by atoms with Gasteiger partial charge >= 0.3 is 0 Å². The molecule has 0 saturated carbocycles. The van der Waals surface area contributed by atoms with E-state index in [2.05, 4.69) is 25.4 Å². The van der Waals surface area contributed by atoms with Crippen molar-refractivity contribution in [3.8, 4) is 11.4 Å². The summed E-state index contributed by atoms with van der Waals surface area (Å²) < 4.78 is 5.26. The number of H-pyrrole nitrogens is 1. The minimum atomic E-state index is 0.760. The fourth-order valence-electron chi connectivity index (χ4n) is 1.96. The first-order valence-electron chi connectivity index (χ1n) is 5.76. The molecule has 2 aromatic heterocycles. The molecule has 1 aliphatic heterocycles. The van der Waals surface area contributed by atoms with E-state index in [1.807, 2.05) is 13.0 Å². The summed E-state index contributed by atoms with van der Waals surface area (Å²) >= 11 is 0. The van der Waals surface area contributed by atoms with Crippen LogP contribution in [0.15, 0.2) is 16.7 Å². The Morgan fingerprint density at radius 2 is 2.18 bits per heavy atom. The monoisotopic (exact) mass is 233 g/mol. The highest BCUT2D eigenvalue weighted by Crippen LogP contribution is 2.20. The summed E-state index contributed by atoms with van der Waals surface area (Å²) in [5.74, 6) is 2.40. The Kier molecular flexibility index (Phi) is 2.56. The Balaban J connectivity index is 1.82. The Hall–Kier alpha value is -1.82. The molecule has 0 atom stereocenters. The highest BCUT2D eigenvalue weighted by atomic mass is 16.3. The third kappa shape index (κ3) is 2.03.